The van der Waals surface area contributed by atoms with Crippen LogP contribution in [-0.2, 0) is 14.6 Å². The molecule has 0 aliphatic rings. The Labute approximate surface area is 96.2 Å². The van der Waals surface area contributed by atoms with E-state index in [1.54, 1.807) is 0 Å². The Kier molecular flexibility index (Phi) is 3.68. The van der Waals surface area contributed by atoms with E-state index >= 15 is 0 Å². The van der Waals surface area contributed by atoms with Crippen LogP contribution in [0.15, 0.2) is 11.4 Å². The van der Waals surface area contributed by atoms with Gasteiger partial charge in [0.05, 0.1) is 6.20 Å². The van der Waals surface area contributed by atoms with Crippen LogP contribution in [0.25, 0.3) is 0 Å². The summed E-state index contributed by atoms with van der Waals surface area (Å²) in [6.07, 6.45) is 1.07. The lowest BCUT2D eigenvalue weighted by molar-refractivity contribution is -0.134. The molecule has 2 amide bonds. The van der Waals surface area contributed by atoms with Crippen LogP contribution >= 0.6 is 0 Å². The Morgan fingerprint density at radius 2 is 2.18 bits per heavy atom. The molecule has 10 heteroatoms. The van der Waals surface area contributed by atoms with Gasteiger partial charge in [0.1, 0.15) is 5.82 Å². The summed E-state index contributed by atoms with van der Waals surface area (Å²) >= 11 is 0. The number of carbonyl (C=O) groups excluding carboxylic acids is 1. The van der Waals surface area contributed by atoms with Crippen molar-refractivity contribution in [2.75, 3.05) is 18.1 Å². The Morgan fingerprint density at radius 3 is 2.71 bits per heavy atom. The van der Waals surface area contributed by atoms with Crippen LogP contribution in [-0.4, -0.2) is 48.3 Å². The van der Waals surface area contributed by atoms with Crippen molar-refractivity contribution < 1.29 is 23.1 Å². The Balaban J connectivity index is 2.88. The molecule has 4 N–H and O–H groups in total. The van der Waals surface area contributed by atoms with E-state index in [0.717, 1.165) is 6.20 Å². The molecule has 1 aromatic rings. The summed E-state index contributed by atoms with van der Waals surface area (Å²) in [7, 11) is -2.64. The maximum absolute atomic E-state index is 11.4. The Bertz CT molecular complexity index is 534. The third-order valence-corrected chi connectivity index (χ3v) is 3.06. The number of H-pyrrole nitrogens is 1. The van der Waals surface area contributed by atoms with E-state index in [2.05, 4.69) is 20.6 Å². The second-order valence-corrected chi connectivity index (χ2v) is 4.86. The van der Waals surface area contributed by atoms with Crippen molar-refractivity contribution in [2.45, 2.75) is 5.16 Å². The number of nitrogens with zero attached hydrogens (tertiary/aromatic N) is 1. The van der Waals surface area contributed by atoms with Crippen LogP contribution in [0.5, 0.6) is 0 Å². The first-order valence-corrected chi connectivity index (χ1v) is 5.98. The van der Waals surface area contributed by atoms with Crippen LogP contribution < -0.4 is 10.6 Å². The van der Waals surface area contributed by atoms with Crippen LogP contribution in [0.4, 0.5) is 10.6 Å². The summed E-state index contributed by atoms with van der Waals surface area (Å²) in [6.45, 7) is 0. The van der Waals surface area contributed by atoms with E-state index in [4.69, 9.17) is 5.11 Å². The highest BCUT2D eigenvalue weighted by Crippen LogP contribution is 2.10. The van der Waals surface area contributed by atoms with Gasteiger partial charge in [0, 0.05) is 7.05 Å². The number of aromatic amines is 1. The molecule has 0 aliphatic carbocycles. The highest BCUT2D eigenvalue weighted by Gasteiger charge is 2.22. The maximum atomic E-state index is 11.4. The van der Waals surface area contributed by atoms with E-state index in [1.165, 1.54) is 7.05 Å². The van der Waals surface area contributed by atoms with Gasteiger partial charge in [-0.3, -0.25) is 10.1 Å². The van der Waals surface area contributed by atoms with Gasteiger partial charge in [0.25, 0.3) is 0 Å². The highest BCUT2D eigenvalue weighted by molar-refractivity contribution is 7.91. The Morgan fingerprint density at radius 1 is 1.53 bits per heavy atom. The van der Waals surface area contributed by atoms with E-state index in [1.807, 2.05) is 0 Å². The minimum absolute atomic E-state index is 0.0494. The number of anilines is 1. The van der Waals surface area contributed by atoms with Crippen LogP contribution in [0, 0.1) is 0 Å². The molecule has 0 radical (unpaired) electrons. The van der Waals surface area contributed by atoms with Crippen molar-refractivity contribution in [1.82, 2.24) is 15.3 Å². The second-order valence-electron chi connectivity index (χ2n) is 2.96. The molecule has 1 heterocycles. The fraction of sp³-hybridized carbons (Fsp3) is 0.286. The monoisotopic (exact) mass is 262 g/mol. The molecule has 9 nitrogen and oxygen atoms in total. The second kappa shape index (κ2) is 4.82. The van der Waals surface area contributed by atoms with Gasteiger partial charge in [-0.2, -0.15) is 0 Å². The molecule has 0 saturated carbocycles. The zero-order valence-corrected chi connectivity index (χ0v) is 9.54. The fourth-order valence-corrected chi connectivity index (χ4v) is 1.88. The van der Waals surface area contributed by atoms with Crippen LogP contribution in [0.1, 0.15) is 0 Å². The molecule has 0 fully saturated rings. The minimum atomic E-state index is -4.02. The van der Waals surface area contributed by atoms with Crippen molar-refractivity contribution >= 4 is 27.7 Å². The van der Waals surface area contributed by atoms with E-state index in [9.17, 15) is 18.0 Å². The quantitative estimate of drug-likeness (QED) is 0.549. The zero-order chi connectivity index (χ0) is 13.1. The third kappa shape index (κ3) is 3.45. The van der Waals surface area contributed by atoms with E-state index < -0.39 is 32.7 Å². The van der Waals surface area contributed by atoms with Crippen molar-refractivity contribution in [3.63, 3.8) is 0 Å². The lowest BCUT2D eigenvalue weighted by Crippen LogP contribution is -2.24. The van der Waals surface area contributed by atoms with E-state index in [-0.39, 0.29) is 5.82 Å². The van der Waals surface area contributed by atoms with Crippen molar-refractivity contribution in [3.8, 4) is 0 Å². The number of imidazole rings is 1. The number of nitrogens with one attached hydrogen (secondary N) is 3. The minimum Gasteiger partial charge on any atom is -0.480 e. The van der Waals surface area contributed by atoms with Gasteiger partial charge in [-0.15, -0.1) is 0 Å². The highest BCUT2D eigenvalue weighted by atomic mass is 32.2. The van der Waals surface area contributed by atoms with Crippen LogP contribution in [0.2, 0.25) is 0 Å². The topological polar surface area (TPSA) is 141 Å². The first kappa shape index (κ1) is 13.0. The number of aromatic nitrogens is 2. The molecule has 0 atom stereocenters. The van der Waals surface area contributed by atoms with Gasteiger partial charge in [-0.1, -0.05) is 0 Å². The number of carboxylic acid groups (broad SMARTS) is 1. The summed E-state index contributed by atoms with van der Waals surface area (Å²) in [4.78, 5) is 27.0. The predicted octanol–water partition coefficient (Wildman–Crippen LogP) is -0.981. The number of hydrogen-bond acceptors (Lipinski definition) is 5. The Hall–Kier alpha value is -2.10. The molecule has 0 aromatic carbocycles. The summed E-state index contributed by atoms with van der Waals surface area (Å²) in [5, 5.41) is 12.4. The SMILES string of the molecule is CNC(=O)Nc1cnc(S(=O)(=O)CC(=O)O)[nH]1. The molecule has 0 aliphatic heterocycles. The van der Waals surface area contributed by atoms with Gasteiger partial charge < -0.3 is 15.4 Å². The molecule has 0 bridgehead atoms. The molecule has 1 rings (SSSR count). The number of amides is 2. The fourth-order valence-electron chi connectivity index (χ4n) is 0.940. The summed E-state index contributed by atoms with van der Waals surface area (Å²) in [5.74, 6) is -2.50. The van der Waals surface area contributed by atoms with Crippen molar-refractivity contribution in [3.05, 3.63) is 6.20 Å². The predicted molar refractivity (Wildman–Crippen MR) is 56.4 cm³/mol. The summed E-state index contributed by atoms with van der Waals surface area (Å²) < 4.78 is 22.8. The van der Waals surface area contributed by atoms with Gasteiger partial charge in [-0.25, -0.2) is 18.2 Å². The van der Waals surface area contributed by atoms with Crippen LogP contribution in [0.3, 0.4) is 0 Å². The average molecular weight is 262 g/mol. The number of hydrogen-bond donors (Lipinski definition) is 4. The third-order valence-electron chi connectivity index (χ3n) is 1.64. The number of urea groups is 1. The number of sulfone groups is 1. The smallest absolute Gasteiger partial charge is 0.320 e. The average Bonchev–Trinajstić information content (AvgIpc) is 2.64. The van der Waals surface area contributed by atoms with Gasteiger partial charge in [-0.05, 0) is 0 Å². The molecule has 1 aromatic heterocycles. The van der Waals surface area contributed by atoms with Crippen molar-refractivity contribution in [1.29, 1.82) is 0 Å². The first-order valence-electron chi connectivity index (χ1n) is 4.33. The van der Waals surface area contributed by atoms with Crippen molar-refractivity contribution in [2.24, 2.45) is 0 Å². The molecular weight excluding hydrogens is 252 g/mol. The number of carbonyl (C=O) groups is 2. The standard InChI is InChI=1S/C7H10N4O5S/c1-8-6(14)10-4-2-9-7(11-4)17(15,16)3-5(12)13/h2H,3H2,1H3,(H,9,11)(H,12,13)(H2,8,10,14). The first-order chi connectivity index (χ1) is 7.85. The maximum Gasteiger partial charge on any atom is 0.320 e. The molecule has 0 saturated heterocycles. The molecule has 17 heavy (non-hydrogen) atoms. The molecule has 94 valence electrons. The normalized spacial score (nSPS) is 10.9. The number of carboxylic acids is 1. The molecular formula is C7H10N4O5S. The zero-order valence-electron chi connectivity index (χ0n) is 8.72. The lowest BCUT2D eigenvalue weighted by Gasteiger charge is -1.99. The molecule has 0 spiro atoms. The lowest BCUT2D eigenvalue weighted by atomic mass is 10.7. The largest absolute Gasteiger partial charge is 0.480 e. The number of rotatable bonds is 4. The van der Waals surface area contributed by atoms with Gasteiger partial charge in [0.15, 0.2) is 5.75 Å². The van der Waals surface area contributed by atoms with Gasteiger partial charge >= 0.3 is 12.0 Å². The number of aliphatic carboxylic acids is 1. The molecule has 0 unspecified atom stereocenters. The van der Waals surface area contributed by atoms with E-state index in [0.29, 0.717) is 0 Å². The summed E-state index contributed by atoms with van der Waals surface area (Å²) in [5.41, 5.74) is 0. The summed E-state index contributed by atoms with van der Waals surface area (Å²) in [6, 6.07) is -0.559. The van der Waals surface area contributed by atoms with Gasteiger partial charge in [0.2, 0.25) is 15.0 Å².